The number of ether oxygens (including phenoxy) is 1. The molecule has 0 aromatic rings. The zero-order valence-corrected chi connectivity index (χ0v) is 12.1. The molecule has 19 heavy (non-hydrogen) atoms. The van der Waals surface area contributed by atoms with Gasteiger partial charge in [-0.1, -0.05) is 27.2 Å². The predicted molar refractivity (Wildman–Crippen MR) is 73.1 cm³/mol. The Morgan fingerprint density at radius 2 is 1.89 bits per heavy atom. The third-order valence-electron chi connectivity index (χ3n) is 2.55. The molecule has 6 heteroatoms. The van der Waals surface area contributed by atoms with E-state index < -0.39 is 18.0 Å². The van der Waals surface area contributed by atoms with Gasteiger partial charge in [0.2, 0.25) is 0 Å². The molecule has 0 unspecified atom stereocenters. The van der Waals surface area contributed by atoms with E-state index in [4.69, 9.17) is 9.84 Å². The van der Waals surface area contributed by atoms with Crippen molar-refractivity contribution in [1.82, 2.24) is 10.6 Å². The lowest BCUT2D eigenvalue weighted by molar-refractivity contribution is -0.139. The first kappa shape index (κ1) is 17.7. The van der Waals surface area contributed by atoms with Crippen LogP contribution in [0.2, 0.25) is 0 Å². The summed E-state index contributed by atoms with van der Waals surface area (Å²) in [6.45, 7) is 7.60. The number of urea groups is 1. The molecule has 112 valence electrons. The van der Waals surface area contributed by atoms with Gasteiger partial charge in [0.05, 0.1) is 6.61 Å². The Kier molecular flexibility index (Phi) is 9.88. The maximum atomic E-state index is 11.4. The van der Waals surface area contributed by atoms with Gasteiger partial charge < -0.3 is 20.5 Å². The minimum Gasteiger partial charge on any atom is -0.480 e. The van der Waals surface area contributed by atoms with Crippen LogP contribution >= 0.6 is 0 Å². The van der Waals surface area contributed by atoms with Crippen LogP contribution < -0.4 is 10.6 Å². The fourth-order valence-corrected chi connectivity index (χ4v) is 1.41. The van der Waals surface area contributed by atoms with E-state index in [0.717, 1.165) is 6.42 Å². The molecule has 0 bridgehead atoms. The molecule has 0 aliphatic heterocycles. The average molecular weight is 274 g/mol. The van der Waals surface area contributed by atoms with E-state index in [1.165, 1.54) is 0 Å². The fourth-order valence-electron chi connectivity index (χ4n) is 1.41. The number of rotatable bonds is 10. The molecule has 0 radical (unpaired) electrons. The molecule has 0 saturated heterocycles. The summed E-state index contributed by atoms with van der Waals surface area (Å²) in [6, 6.07) is -1.29. The first-order valence-electron chi connectivity index (χ1n) is 6.82. The summed E-state index contributed by atoms with van der Waals surface area (Å²) in [5, 5.41) is 13.9. The Labute approximate surface area is 114 Å². The molecule has 0 heterocycles. The van der Waals surface area contributed by atoms with Crippen LogP contribution in [0.4, 0.5) is 4.79 Å². The van der Waals surface area contributed by atoms with Crippen molar-refractivity contribution in [3.05, 3.63) is 0 Å². The molecule has 0 fully saturated rings. The van der Waals surface area contributed by atoms with Gasteiger partial charge >= 0.3 is 12.0 Å². The van der Waals surface area contributed by atoms with Crippen LogP contribution in [0.15, 0.2) is 0 Å². The monoisotopic (exact) mass is 274 g/mol. The highest BCUT2D eigenvalue weighted by Gasteiger charge is 2.18. The Morgan fingerprint density at radius 3 is 2.42 bits per heavy atom. The van der Waals surface area contributed by atoms with E-state index in [0.29, 0.717) is 38.5 Å². The summed E-state index contributed by atoms with van der Waals surface area (Å²) in [7, 11) is 0. The van der Waals surface area contributed by atoms with Gasteiger partial charge in [0.15, 0.2) is 0 Å². The zero-order chi connectivity index (χ0) is 14.7. The Morgan fingerprint density at radius 1 is 1.21 bits per heavy atom. The number of amides is 2. The van der Waals surface area contributed by atoms with E-state index in [2.05, 4.69) is 24.5 Å². The highest BCUT2D eigenvalue weighted by atomic mass is 16.5. The van der Waals surface area contributed by atoms with Crippen molar-refractivity contribution >= 4 is 12.0 Å². The molecule has 0 aromatic heterocycles. The number of aliphatic carboxylic acids is 1. The normalized spacial score (nSPS) is 12.2. The molecule has 2 amide bonds. The smallest absolute Gasteiger partial charge is 0.326 e. The van der Waals surface area contributed by atoms with Crippen molar-refractivity contribution in [3.8, 4) is 0 Å². The van der Waals surface area contributed by atoms with E-state index in [-0.39, 0.29) is 0 Å². The van der Waals surface area contributed by atoms with Crippen LogP contribution in [0.25, 0.3) is 0 Å². The standard InChI is InChI=1S/C13H26N2O4/c1-4-5-11(12(16)17)15-13(18)14-7-9-19-8-6-10(2)3/h10-11H,4-9H2,1-3H3,(H,16,17)(H2,14,15,18)/t11-/m1/s1. The summed E-state index contributed by atoms with van der Waals surface area (Å²) in [6.07, 6.45) is 2.12. The highest BCUT2D eigenvalue weighted by molar-refractivity contribution is 5.82. The Hall–Kier alpha value is -1.30. The first-order chi connectivity index (χ1) is 8.97. The van der Waals surface area contributed by atoms with Crippen LogP contribution in [-0.2, 0) is 9.53 Å². The summed E-state index contributed by atoms with van der Waals surface area (Å²) < 4.78 is 5.34. The Bertz CT molecular complexity index is 269. The molecule has 0 aromatic carbocycles. The van der Waals surface area contributed by atoms with Crippen molar-refractivity contribution in [1.29, 1.82) is 0 Å². The van der Waals surface area contributed by atoms with Gasteiger partial charge in [0.1, 0.15) is 6.04 Å². The molecule has 0 saturated carbocycles. The number of carbonyl (C=O) groups is 2. The average Bonchev–Trinajstić information content (AvgIpc) is 2.32. The number of nitrogens with one attached hydrogen (secondary N) is 2. The summed E-state index contributed by atoms with van der Waals surface area (Å²) in [5.74, 6) is -0.410. The number of hydrogen-bond acceptors (Lipinski definition) is 3. The molecule has 6 nitrogen and oxygen atoms in total. The number of hydrogen-bond donors (Lipinski definition) is 3. The molecule has 0 rings (SSSR count). The molecular weight excluding hydrogens is 248 g/mol. The molecule has 0 aliphatic rings. The van der Waals surface area contributed by atoms with E-state index >= 15 is 0 Å². The van der Waals surface area contributed by atoms with Crippen molar-refractivity contribution < 1.29 is 19.4 Å². The number of carboxylic acid groups (broad SMARTS) is 1. The van der Waals surface area contributed by atoms with E-state index in [9.17, 15) is 9.59 Å². The zero-order valence-electron chi connectivity index (χ0n) is 12.1. The van der Waals surface area contributed by atoms with Crippen molar-refractivity contribution in [3.63, 3.8) is 0 Å². The summed E-state index contributed by atoms with van der Waals surface area (Å²) >= 11 is 0. The van der Waals surface area contributed by atoms with Gasteiger partial charge in [0.25, 0.3) is 0 Å². The summed E-state index contributed by atoms with van der Waals surface area (Å²) in [5.41, 5.74) is 0. The first-order valence-corrected chi connectivity index (χ1v) is 6.82. The molecular formula is C13H26N2O4. The quantitative estimate of drug-likeness (QED) is 0.528. The maximum absolute atomic E-state index is 11.4. The lowest BCUT2D eigenvalue weighted by atomic mass is 10.1. The minimum absolute atomic E-state index is 0.377. The van der Waals surface area contributed by atoms with Crippen LogP contribution in [0.3, 0.4) is 0 Å². The lowest BCUT2D eigenvalue weighted by Crippen LogP contribution is -2.46. The van der Waals surface area contributed by atoms with Crippen molar-refractivity contribution in [2.75, 3.05) is 19.8 Å². The fraction of sp³-hybridized carbons (Fsp3) is 0.846. The van der Waals surface area contributed by atoms with Gasteiger partial charge in [-0.25, -0.2) is 9.59 Å². The summed E-state index contributed by atoms with van der Waals surface area (Å²) in [4.78, 5) is 22.3. The van der Waals surface area contributed by atoms with Crippen molar-refractivity contribution in [2.45, 2.75) is 46.1 Å². The highest BCUT2D eigenvalue weighted by Crippen LogP contribution is 1.98. The number of carboxylic acids is 1. The van der Waals surface area contributed by atoms with Gasteiger partial charge in [0, 0.05) is 13.2 Å². The third kappa shape index (κ3) is 10.3. The second-order valence-corrected chi connectivity index (χ2v) is 4.87. The second kappa shape index (κ2) is 10.6. The topological polar surface area (TPSA) is 87.7 Å². The van der Waals surface area contributed by atoms with Crippen LogP contribution in [-0.4, -0.2) is 42.9 Å². The van der Waals surface area contributed by atoms with Gasteiger partial charge in [-0.05, 0) is 18.8 Å². The Balaban J connectivity index is 3.65. The molecule has 3 N–H and O–H groups in total. The van der Waals surface area contributed by atoms with E-state index in [1.54, 1.807) is 0 Å². The largest absolute Gasteiger partial charge is 0.480 e. The van der Waals surface area contributed by atoms with Gasteiger partial charge in [-0.15, -0.1) is 0 Å². The third-order valence-corrected chi connectivity index (χ3v) is 2.55. The maximum Gasteiger partial charge on any atom is 0.326 e. The second-order valence-electron chi connectivity index (χ2n) is 4.87. The molecule has 0 aliphatic carbocycles. The van der Waals surface area contributed by atoms with Crippen LogP contribution in [0, 0.1) is 5.92 Å². The molecule has 1 atom stereocenters. The lowest BCUT2D eigenvalue weighted by Gasteiger charge is -2.14. The number of carbonyl (C=O) groups excluding carboxylic acids is 1. The van der Waals surface area contributed by atoms with Crippen molar-refractivity contribution in [2.24, 2.45) is 5.92 Å². The molecule has 0 spiro atoms. The van der Waals surface area contributed by atoms with Crippen LogP contribution in [0.1, 0.15) is 40.0 Å². The predicted octanol–water partition coefficient (Wildman–Crippen LogP) is 1.60. The van der Waals surface area contributed by atoms with Gasteiger partial charge in [-0.2, -0.15) is 0 Å². The SMILES string of the molecule is CCC[C@@H](NC(=O)NCCOCCC(C)C)C(=O)O. The van der Waals surface area contributed by atoms with Crippen LogP contribution in [0.5, 0.6) is 0 Å². The van der Waals surface area contributed by atoms with E-state index in [1.807, 2.05) is 6.92 Å². The van der Waals surface area contributed by atoms with Gasteiger partial charge in [-0.3, -0.25) is 0 Å². The minimum atomic E-state index is -1.01.